The van der Waals surface area contributed by atoms with Gasteiger partial charge in [-0.2, -0.15) is 5.10 Å². The van der Waals surface area contributed by atoms with Gasteiger partial charge in [0.25, 0.3) is 0 Å². The van der Waals surface area contributed by atoms with E-state index < -0.39 is 5.54 Å². The molecule has 0 unspecified atom stereocenters. The van der Waals surface area contributed by atoms with Crippen LogP contribution in [0.2, 0.25) is 5.02 Å². The lowest BCUT2D eigenvalue weighted by atomic mass is 9.77. The molecule has 0 saturated heterocycles. The normalized spacial score (nSPS) is 11.6. The van der Waals surface area contributed by atoms with E-state index in [0.717, 1.165) is 27.6 Å². The number of rotatable bonds is 4. The SMILES string of the molecule is Nc1nn(C(c2ccccc2)(c2ccccc2)c2ccccc2Cl)c2ccncc12. The van der Waals surface area contributed by atoms with Gasteiger partial charge in [0, 0.05) is 23.0 Å². The number of nitrogen functional groups attached to an aromatic ring is 1. The minimum atomic E-state index is -0.821. The molecule has 0 aliphatic heterocycles. The van der Waals surface area contributed by atoms with Crippen LogP contribution in [0.1, 0.15) is 16.7 Å². The van der Waals surface area contributed by atoms with E-state index in [-0.39, 0.29) is 0 Å². The first-order chi connectivity index (χ1) is 14.7. The molecule has 3 aromatic carbocycles. The Kier molecular flexibility index (Phi) is 4.49. The van der Waals surface area contributed by atoms with Crippen molar-refractivity contribution >= 4 is 28.3 Å². The predicted molar refractivity (Wildman–Crippen MR) is 122 cm³/mol. The molecule has 2 aromatic heterocycles. The zero-order chi connectivity index (χ0) is 20.6. The van der Waals surface area contributed by atoms with Crippen LogP contribution < -0.4 is 5.73 Å². The van der Waals surface area contributed by atoms with Gasteiger partial charge in [-0.3, -0.25) is 4.98 Å². The van der Waals surface area contributed by atoms with Gasteiger partial charge < -0.3 is 5.73 Å². The molecule has 5 aromatic rings. The van der Waals surface area contributed by atoms with E-state index in [1.165, 1.54) is 0 Å². The van der Waals surface area contributed by atoms with Gasteiger partial charge in [-0.1, -0.05) is 90.5 Å². The van der Waals surface area contributed by atoms with Crippen molar-refractivity contribution in [2.24, 2.45) is 0 Å². The van der Waals surface area contributed by atoms with Crippen molar-refractivity contribution in [1.29, 1.82) is 0 Å². The van der Waals surface area contributed by atoms with Crippen LogP contribution >= 0.6 is 11.6 Å². The second kappa shape index (κ2) is 7.32. The monoisotopic (exact) mass is 410 g/mol. The molecule has 4 nitrogen and oxygen atoms in total. The minimum Gasteiger partial charge on any atom is -0.382 e. The fourth-order valence-electron chi connectivity index (χ4n) is 4.19. The van der Waals surface area contributed by atoms with E-state index >= 15 is 0 Å². The Labute approximate surface area is 179 Å². The van der Waals surface area contributed by atoms with Gasteiger partial charge in [-0.25, -0.2) is 4.68 Å². The Morgan fingerprint density at radius 1 is 0.767 bits per heavy atom. The molecule has 0 saturated carbocycles. The summed E-state index contributed by atoms with van der Waals surface area (Å²) < 4.78 is 1.98. The van der Waals surface area contributed by atoms with Crippen molar-refractivity contribution in [3.05, 3.63) is 125 Å². The van der Waals surface area contributed by atoms with Gasteiger partial charge in [0.1, 0.15) is 5.54 Å². The number of nitrogens with two attached hydrogens (primary N) is 1. The molecule has 0 aliphatic carbocycles. The van der Waals surface area contributed by atoms with Crippen LogP contribution in [0.5, 0.6) is 0 Å². The lowest BCUT2D eigenvalue weighted by molar-refractivity contribution is 0.478. The fraction of sp³-hybridized carbons (Fsp3) is 0.0400. The van der Waals surface area contributed by atoms with Crippen LogP contribution in [-0.2, 0) is 5.54 Å². The van der Waals surface area contributed by atoms with Gasteiger partial charge >= 0.3 is 0 Å². The van der Waals surface area contributed by atoms with E-state index in [4.69, 9.17) is 22.4 Å². The highest BCUT2D eigenvalue weighted by Crippen LogP contribution is 2.45. The zero-order valence-electron chi connectivity index (χ0n) is 16.1. The first-order valence-corrected chi connectivity index (χ1v) is 10.1. The van der Waals surface area contributed by atoms with Crippen molar-refractivity contribution < 1.29 is 0 Å². The molecule has 5 rings (SSSR count). The number of halogens is 1. The molecule has 0 amide bonds. The highest BCUT2D eigenvalue weighted by atomic mass is 35.5. The van der Waals surface area contributed by atoms with Crippen LogP contribution in [0.15, 0.2) is 103 Å². The van der Waals surface area contributed by atoms with E-state index in [0.29, 0.717) is 10.8 Å². The van der Waals surface area contributed by atoms with Crippen LogP contribution in [-0.4, -0.2) is 14.8 Å². The molecule has 2 N–H and O–H groups in total. The molecule has 0 bridgehead atoms. The van der Waals surface area contributed by atoms with Gasteiger partial charge in [0.05, 0.1) is 10.9 Å². The largest absolute Gasteiger partial charge is 0.382 e. The molecule has 5 heteroatoms. The maximum atomic E-state index is 6.83. The van der Waals surface area contributed by atoms with E-state index in [1.807, 2.05) is 71.4 Å². The number of benzene rings is 3. The first-order valence-electron chi connectivity index (χ1n) is 9.67. The second-order valence-corrected chi connectivity index (χ2v) is 7.52. The molecule has 0 radical (unpaired) electrons. The number of hydrogen-bond acceptors (Lipinski definition) is 3. The van der Waals surface area contributed by atoms with E-state index in [9.17, 15) is 0 Å². The Morgan fingerprint density at radius 2 is 1.37 bits per heavy atom. The van der Waals surface area contributed by atoms with Crippen molar-refractivity contribution in [3.8, 4) is 0 Å². The fourth-order valence-corrected chi connectivity index (χ4v) is 4.46. The predicted octanol–water partition coefficient (Wildman–Crippen LogP) is 5.51. The molecule has 30 heavy (non-hydrogen) atoms. The zero-order valence-corrected chi connectivity index (χ0v) is 16.9. The summed E-state index contributed by atoms with van der Waals surface area (Å²) in [7, 11) is 0. The van der Waals surface area contributed by atoms with Gasteiger partial charge in [0.15, 0.2) is 5.82 Å². The average molecular weight is 411 g/mol. The molecular formula is C25H19ClN4. The summed E-state index contributed by atoms with van der Waals surface area (Å²) in [6.07, 6.45) is 3.51. The number of aromatic nitrogens is 3. The summed E-state index contributed by atoms with van der Waals surface area (Å²) in [5.74, 6) is 0.432. The number of anilines is 1. The van der Waals surface area contributed by atoms with Crippen LogP contribution in [0.25, 0.3) is 10.9 Å². The molecule has 0 spiro atoms. The van der Waals surface area contributed by atoms with Crippen molar-refractivity contribution in [2.45, 2.75) is 5.54 Å². The van der Waals surface area contributed by atoms with Crippen LogP contribution in [0, 0.1) is 0 Å². The number of nitrogens with zero attached hydrogens (tertiary/aromatic N) is 3. The van der Waals surface area contributed by atoms with Gasteiger partial charge in [0.2, 0.25) is 0 Å². The van der Waals surface area contributed by atoms with Gasteiger partial charge in [-0.15, -0.1) is 0 Å². The Balaban J connectivity index is 2.01. The molecule has 0 fully saturated rings. The molecule has 146 valence electrons. The quantitative estimate of drug-likeness (QED) is 0.397. The lowest BCUT2D eigenvalue weighted by Gasteiger charge is -2.37. The van der Waals surface area contributed by atoms with Crippen molar-refractivity contribution in [2.75, 3.05) is 5.73 Å². The summed E-state index contributed by atoms with van der Waals surface area (Å²) in [6.45, 7) is 0. The maximum Gasteiger partial charge on any atom is 0.155 e. The van der Waals surface area contributed by atoms with Crippen LogP contribution in [0.4, 0.5) is 5.82 Å². The summed E-state index contributed by atoms with van der Waals surface area (Å²) in [6, 6.07) is 30.4. The molecular weight excluding hydrogens is 392 g/mol. The summed E-state index contributed by atoms with van der Waals surface area (Å²) in [5, 5.41) is 6.29. The number of pyridine rings is 1. The summed E-state index contributed by atoms with van der Waals surface area (Å²) >= 11 is 6.83. The number of hydrogen-bond donors (Lipinski definition) is 1. The molecule has 2 heterocycles. The van der Waals surface area contributed by atoms with E-state index in [2.05, 4.69) is 29.2 Å². The summed E-state index contributed by atoms with van der Waals surface area (Å²) in [4.78, 5) is 4.25. The Bertz CT molecular complexity index is 1270. The maximum absolute atomic E-state index is 6.83. The Morgan fingerprint density at radius 3 is 2.00 bits per heavy atom. The smallest absolute Gasteiger partial charge is 0.155 e. The third kappa shape index (κ3) is 2.69. The molecule has 0 aliphatic rings. The topological polar surface area (TPSA) is 56.7 Å². The lowest BCUT2D eigenvalue weighted by Crippen LogP contribution is -2.39. The van der Waals surface area contributed by atoms with E-state index in [1.54, 1.807) is 12.4 Å². The summed E-state index contributed by atoms with van der Waals surface area (Å²) in [5.41, 5.74) is 9.39. The highest BCUT2D eigenvalue weighted by molar-refractivity contribution is 6.31. The average Bonchev–Trinajstić information content (AvgIpc) is 3.14. The van der Waals surface area contributed by atoms with Crippen molar-refractivity contribution in [1.82, 2.24) is 14.8 Å². The van der Waals surface area contributed by atoms with Crippen LogP contribution in [0.3, 0.4) is 0 Å². The first kappa shape index (κ1) is 18.4. The molecule has 0 atom stereocenters. The minimum absolute atomic E-state index is 0.432. The van der Waals surface area contributed by atoms with Gasteiger partial charge in [-0.05, 0) is 23.3 Å². The second-order valence-electron chi connectivity index (χ2n) is 7.11. The third-order valence-electron chi connectivity index (χ3n) is 5.47. The third-order valence-corrected chi connectivity index (χ3v) is 5.80. The Hall–Kier alpha value is -3.63. The number of fused-ring (bicyclic) bond motifs is 1. The van der Waals surface area contributed by atoms with Crippen molar-refractivity contribution in [3.63, 3.8) is 0 Å². The highest BCUT2D eigenvalue weighted by Gasteiger charge is 2.42. The standard InChI is InChI=1S/C25H19ClN4/c26-22-14-8-7-13-21(22)25(18-9-3-1-4-10-18,19-11-5-2-6-12-19)30-23-15-16-28-17-20(23)24(27)29-30/h1-17H,(H2,27,29).